The zero-order valence-electron chi connectivity index (χ0n) is 9.56. The van der Waals surface area contributed by atoms with Gasteiger partial charge in [-0.15, -0.1) is 0 Å². The number of rotatable bonds is 5. The number of hydrogen-bond donors (Lipinski definition) is 2. The predicted molar refractivity (Wildman–Crippen MR) is 62.3 cm³/mol. The minimum absolute atomic E-state index is 0.285. The zero-order chi connectivity index (χ0) is 12.0. The van der Waals surface area contributed by atoms with Crippen molar-refractivity contribution >= 4 is 11.7 Å². The molecule has 0 aliphatic heterocycles. The van der Waals surface area contributed by atoms with Crippen molar-refractivity contribution in [2.45, 2.75) is 19.9 Å². The van der Waals surface area contributed by atoms with Crippen LogP contribution in [0.4, 0.5) is 5.69 Å². The molecule has 1 aromatic rings. The van der Waals surface area contributed by atoms with E-state index in [0.717, 1.165) is 11.3 Å². The van der Waals surface area contributed by atoms with Crippen LogP contribution in [0.3, 0.4) is 0 Å². The van der Waals surface area contributed by atoms with Crippen LogP contribution < -0.4 is 5.32 Å². The smallest absolute Gasteiger partial charge is 0.330 e. The first-order chi connectivity index (χ1) is 7.67. The molecule has 2 N–H and O–H groups in total. The molecule has 1 unspecified atom stereocenters. The molecule has 0 heterocycles. The summed E-state index contributed by atoms with van der Waals surface area (Å²) in [4.78, 5) is 11.4. The molecule has 88 valence electrons. The summed E-state index contributed by atoms with van der Waals surface area (Å²) in [6, 6.07) is 6.89. The van der Waals surface area contributed by atoms with E-state index in [4.69, 9.17) is 9.84 Å². The van der Waals surface area contributed by atoms with Gasteiger partial charge in [-0.05, 0) is 31.5 Å². The van der Waals surface area contributed by atoms with Crippen LogP contribution in [0.15, 0.2) is 24.3 Å². The van der Waals surface area contributed by atoms with Gasteiger partial charge in [-0.25, -0.2) is 4.79 Å². The minimum atomic E-state index is -0.707. The molecule has 4 nitrogen and oxygen atoms in total. The van der Waals surface area contributed by atoms with Gasteiger partial charge in [-0.3, -0.25) is 0 Å². The number of anilines is 1. The van der Waals surface area contributed by atoms with E-state index in [0.29, 0.717) is 6.61 Å². The number of aryl methyl sites for hydroxylation is 1. The lowest BCUT2D eigenvalue weighted by atomic mass is 10.2. The Morgan fingerprint density at radius 2 is 2.31 bits per heavy atom. The Bertz CT molecular complexity index is 352. The third-order valence-corrected chi connectivity index (χ3v) is 2.11. The molecule has 1 rings (SSSR count). The summed E-state index contributed by atoms with van der Waals surface area (Å²) in [5.41, 5.74) is 1.89. The monoisotopic (exact) mass is 223 g/mol. The van der Waals surface area contributed by atoms with E-state index in [9.17, 15) is 4.79 Å². The summed E-state index contributed by atoms with van der Waals surface area (Å²) in [5, 5.41) is 12.0. The maximum absolute atomic E-state index is 11.4. The fourth-order valence-electron chi connectivity index (χ4n) is 1.36. The molecule has 0 aliphatic rings. The first kappa shape index (κ1) is 12.5. The quantitative estimate of drug-likeness (QED) is 0.739. The van der Waals surface area contributed by atoms with Gasteiger partial charge in [0.15, 0.2) is 0 Å². The van der Waals surface area contributed by atoms with Gasteiger partial charge in [0.05, 0.1) is 13.2 Å². The van der Waals surface area contributed by atoms with Crippen molar-refractivity contribution in [2.75, 3.05) is 18.5 Å². The predicted octanol–water partition coefficient (Wildman–Crippen LogP) is 1.33. The van der Waals surface area contributed by atoms with Crippen LogP contribution in [-0.2, 0) is 9.53 Å². The van der Waals surface area contributed by atoms with Crippen LogP contribution >= 0.6 is 0 Å². The molecule has 16 heavy (non-hydrogen) atoms. The number of aliphatic hydroxyl groups is 1. The van der Waals surface area contributed by atoms with E-state index in [2.05, 4.69) is 5.32 Å². The number of carbonyl (C=O) groups excluding carboxylic acids is 1. The van der Waals surface area contributed by atoms with E-state index < -0.39 is 12.0 Å². The number of carbonyl (C=O) groups is 1. The van der Waals surface area contributed by atoms with Gasteiger partial charge in [0.2, 0.25) is 0 Å². The number of esters is 1. The van der Waals surface area contributed by atoms with Crippen LogP contribution in [0.2, 0.25) is 0 Å². The highest BCUT2D eigenvalue weighted by atomic mass is 16.5. The first-order valence-electron chi connectivity index (χ1n) is 5.28. The average molecular weight is 223 g/mol. The largest absolute Gasteiger partial charge is 0.464 e. The second-order valence-corrected chi connectivity index (χ2v) is 3.50. The number of benzene rings is 1. The van der Waals surface area contributed by atoms with Gasteiger partial charge < -0.3 is 15.2 Å². The van der Waals surface area contributed by atoms with Crippen molar-refractivity contribution in [2.24, 2.45) is 0 Å². The summed E-state index contributed by atoms with van der Waals surface area (Å²) in [7, 11) is 0. The third-order valence-electron chi connectivity index (χ3n) is 2.11. The molecule has 0 radical (unpaired) electrons. The number of aliphatic hydroxyl groups excluding tert-OH is 1. The second kappa shape index (κ2) is 6.12. The molecule has 0 bridgehead atoms. The Morgan fingerprint density at radius 1 is 1.56 bits per heavy atom. The lowest BCUT2D eigenvalue weighted by molar-refractivity contribution is -0.144. The molecule has 1 atom stereocenters. The van der Waals surface area contributed by atoms with Crippen molar-refractivity contribution in [1.29, 1.82) is 0 Å². The van der Waals surface area contributed by atoms with Gasteiger partial charge in [-0.1, -0.05) is 12.1 Å². The maximum atomic E-state index is 11.4. The number of ether oxygens (including phenoxy) is 1. The summed E-state index contributed by atoms with van der Waals surface area (Å²) in [6.45, 7) is 3.72. The highest BCUT2D eigenvalue weighted by Crippen LogP contribution is 2.11. The Balaban J connectivity index is 2.66. The zero-order valence-corrected chi connectivity index (χ0v) is 9.56. The van der Waals surface area contributed by atoms with E-state index >= 15 is 0 Å². The molecular formula is C12H17NO3. The Morgan fingerprint density at radius 3 is 2.88 bits per heavy atom. The molecule has 0 amide bonds. The Kier molecular flexibility index (Phi) is 4.79. The second-order valence-electron chi connectivity index (χ2n) is 3.50. The molecule has 1 aromatic carbocycles. The lowest BCUT2D eigenvalue weighted by Crippen LogP contribution is -2.34. The van der Waals surface area contributed by atoms with Gasteiger partial charge in [0.1, 0.15) is 6.04 Å². The van der Waals surface area contributed by atoms with Crippen molar-refractivity contribution in [3.8, 4) is 0 Å². The third kappa shape index (κ3) is 3.55. The van der Waals surface area contributed by atoms with Gasteiger partial charge in [-0.2, -0.15) is 0 Å². The molecule has 0 spiro atoms. The van der Waals surface area contributed by atoms with Gasteiger partial charge in [0, 0.05) is 5.69 Å². The summed E-state index contributed by atoms with van der Waals surface area (Å²) in [6.07, 6.45) is 0. The fourth-order valence-corrected chi connectivity index (χ4v) is 1.36. The number of hydrogen-bond acceptors (Lipinski definition) is 4. The van der Waals surface area contributed by atoms with Crippen LogP contribution in [-0.4, -0.2) is 30.3 Å². The molecule has 0 aliphatic carbocycles. The first-order valence-corrected chi connectivity index (χ1v) is 5.28. The highest BCUT2D eigenvalue weighted by Gasteiger charge is 2.18. The summed E-state index contributed by atoms with van der Waals surface area (Å²) >= 11 is 0. The van der Waals surface area contributed by atoms with E-state index in [1.165, 1.54) is 0 Å². The van der Waals surface area contributed by atoms with Crippen LogP contribution in [0, 0.1) is 6.92 Å². The SMILES string of the molecule is CCOC(=O)C(CO)Nc1cccc(C)c1. The lowest BCUT2D eigenvalue weighted by Gasteiger charge is -2.16. The Hall–Kier alpha value is -1.55. The maximum Gasteiger partial charge on any atom is 0.330 e. The molecule has 0 saturated heterocycles. The fraction of sp³-hybridized carbons (Fsp3) is 0.417. The minimum Gasteiger partial charge on any atom is -0.464 e. The van der Waals surface area contributed by atoms with Crippen molar-refractivity contribution < 1.29 is 14.6 Å². The molecule has 4 heteroatoms. The molecule has 0 saturated carbocycles. The van der Waals surface area contributed by atoms with E-state index in [1.54, 1.807) is 6.92 Å². The van der Waals surface area contributed by atoms with Gasteiger partial charge >= 0.3 is 5.97 Å². The molecule has 0 fully saturated rings. The van der Waals surface area contributed by atoms with Crippen LogP contribution in [0.25, 0.3) is 0 Å². The van der Waals surface area contributed by atoms with Crippen molar-refractivity contribution in [3.05, 3.63) is 29.8 Å². The van der Waals surface area contributed by atoms with Gasteiger partial charge in [0.25, 0.3) is 0 Å². The van der Waals surface area contributed by atoms with Crippen LogP contribution in [0.5, 0.6) is 0 Å². The summed E-state index contributed by atoms with van der Waals surface area (Å²) < 4.78 is 4.84. The molecule has 0 aromatic heterocycles. The van der Waals surface area contributed by atoms with Crippen molar-refractivity contribution in [1.82, 2.24) is 0 Å². The Labute approximate surface area is 95.2 Å². The van der Waals surface area contributed by atoms with Crippen molar-refractivity contribution in [3.63, 3.8) is 0 Å². The average Bonchev–Trinajstić information content (AvgIpc) is 2.26. The van der Waals surface area contributed by atoms with E-state index in [1.807, 2.05) is 31.2 Å². The highest BCUT2D eigenvalue weighted by molar-refractivity contribution is 5.79. The van der Waals surface area contributed by atoms with E-state index in [-0.39, 0.29) is 6.61 Å². The molecular weight excluding hydrogens is 206 g/mol. The number of nitrogens with one attached hydrogen (secondary N) is 1. The standard InChI is InChI=1S/C12H17NO3/c1-3-16-12(15)11(8-14)13-10-6-4-5-9(2)7-10/h4-7,11,13-14H,3,8H2,1-2H3. The summed E-state index contributed by atoms with van der Waals surface area (Å²) in [5.74, 6) is -0.438. The topological polar surface area (TPSA) is 58.6 Å². The normalized spacial score (nSPS) is 11.9. The van der Waals surface area contributed by atoms with Crippen LogP contribution in [0.1, 0.15) is 12.5 Å².